The van der Waals surface area contributed by atoms with E-state index in [0.717, 1.165) is 17.0 Å². The Hall–Kier alpha value is -2.05. The maximum Gasteiger partial charge on any atom is 0.416 e. The molecule has 1 amide bonds. The third-order valence-electron chi connectivity index (χ3n) is 3.06. The molecule has 0 atom stereocenters. The Labute approximate surface area is 106 Å². The van der Waals surface area contributed by atoms with Crippen molar-refractivity contribution >= 4 is 11.9 Å². The van der Waals surface area contributed by atoms with E-state index < -0.39 is 23.6 Å². The zero-order valence-corrected chi connectivity index (χ0v) is 9.65. The maximum absolute atomic E-state index is 12.4. The summed E-state index contributed by atoms with van der Waals surface area (Å²) in [5, 5.41) is 8.48. The third-order valence-corrected chi connectivity index (χ3v) is 3.06. The van der Waals surface area contributed by atoms with Crippen molar-refractivity contribution in [2.45, 2.75) is 12.1 Å². The molecular formula is C12H10F3NO3. The number of hydrogen-bond acceptors (Lipinski definition) is 2. The minimum absolute atomic E-state index is 0.106. The molecule has 1 fully saturated rings. The van der Waals surface area contributed by atoms with Gasteiger partial charge in [0.1, 0.15) is 0 Å². The number of hydrogen-bond donors (Lipinski definition) is 1. The van der Waals surface area contributed by atoms with Gasteiger partial charge in [-0.15, -0.1) is 0 Å². The zero-order chi connectivity index (χ0) is 14.2. The zero-order valence-electron chi connectivity index (χ0n) is 9.65. The van der Waals surface area contributed by atoms with E-state index in [4.69, 9.17) is 5.11 Å². The Morgan fingerprint density at radius 1 is 1.16 bits per heavy atom. The molecule has 0 saturated carbocycles. The molecule has 19 heavy (non-hydrogen) atoms. The van der Waals surface area contributed by atoms with Crippen LogP contribution in [-0.2, 0) is 15.8 Å². The van der Waals surface area contributed by atoms with E-state index >= 15 is 0 Å². The largest absolute Gasteiger partial charge is 0.474 e. The summed E-state index contributed by atoms with van der Waals surface area (Å²) in [5.74, 6) is -2.61. The van der Waals surface area contributed by atoms with Crippen molar-refractivity contribution in [2.24, 2.45) is 0 Å². The van der Waals surface area contributed by atoms with Gasteiger partial charge in [0.2, 0.25) is 0 Å². The molecule has 1 aliphatic heterocycles. The van der Waals surface area contributed by atoms with Crippen LogP contribution in [0.15, 0.2) is 24.3 Å². The summed E-state index contributed by atoms with van der Waals surface area (Å²) in [6.45, 7) is 0.437. The molecule has 0 spiro atoms. The highest BCUT2D eigenvalue weighted by Gasteiger charge is 2.35. The molecule has 1 aromatic rings. The summed E-state index contributed by atoms with van der Waals surface area (Å²) in [6, 6.07) is 4.68. The molecule has 0 aliphatic carbocycles. The number of carboxylic acid groups (broad SMARTS) is 1. The summed E-state index contributed by atoms with van der Waals surface area (Å²) in [7, 11) is 0. The fourth-order valence-electron chi connectivity index (χ4n) is 1.93. The number of nitrogens with zero attached hydrogens (tertiary/aromatic N) is 1. The highest BCUT2D eigenvalue weighted by Crippen LogP contribution is 2.32. The fraction of sp³-hybridized carbons (Fsp3) is 0.333. The van der Waals surface area contributed by atoms with Crippen molar-refractivity contribution in [2.75, 3.05) is 13.1 Å². The van der Waals surface area contributed by atoms with Gasteiger partial charge in [-0.1, -0.05) is 12.1 Å². The number of likely N-dealkylation sites (tertiary alicyclic amines) is 1. The van der Waals surface area contributed by atoms with Crippen molar-refractivity contribution in [1.29, 1.82) is 0 Å². The predicted octanol–water partition coefficient (Wildman–Crippen LogP) is 1.72. The summed E-state index contributed by atoms with van der Waals surface area (Å²) < 4.78 is 37.1. The quantitative estimate of drug-likeness (QED) is 0.792. The topological polar surface area (TPSA) is 57.6 Å². The van der Waals surface area contributed by atoms with Gasteiger partial charge in [-0.3, -0.25) is 4.79 Å². The summed E-state index contributed by atoms with van der Waals surface area (Å²) in [4.78, 5) is 22.6. The molecular weight excluding hydrogens is 263 g/mol. The van der Waals surface area contributed by atoms with E-state index in [1.165, 1.54) is 12.1 Å². The van der Waals surface area contributed by atoms with Gasteiger partial charge in [-0.05, 0) is 17.7 Å². The van der Waals surface area contributed by atoms with Crippen molar-refractivity contribution in [3.05, 3.63) is 35.4 Å². The number of carbonyl (C=O) groups excluding carboxylic acids is 1. The van der Waals surface area contributed by atoms with Gasteiger partial charge in [0, 0.05) is 19.0 Å². The van der Waals surface area contributed by atoms with Crippen LogP contribution in [0.4, 0.5) is 13.2 Å². The van der Waals surface area contributed by atoms with Crippen LogP contribution in [0.2, 0.25) is 0 Å². The molecule has 0 bridgehead atoms. The van der Waals surface area contributed by atoms with Crippen molar-refractivity contribution < 1.29 is 27.9 Å². The molecule has 1 N–H and O–H groups in total. The Balaban J connectivity index is 1.99. The van der Waals surface area contributed by atoms with E-state index in [2.05, 4.69) is 0 Å². The molecule has 2 rings (SSSR count). The molecule has 1 heterocycles. The van der Waals surface area contributed by atoms with E-state index in [-0.39, 0.29) is 19.0 Å². The fourth-order valence-corrected chi connectivity index (χ4v) is 1.93. The number of amides is 1. The van der Waals surface area contributed by atoms with Gasteiger partial charge in [-0.2, -0.15) is 13.2 Å². The average Bonchev–Trinajstić information content (AvgIpc) is 2.26. The monoisotopic (exact) mass is 273 g/mol. The second kappa shape index (κ2) is 4.56. The molecule has 1 aliphatic rings. The number of carbonyl (C=O) groups is 2. The van der Waals surface area contributed by atoms with Gasteiger partial charge in [0.25, 0.3) is 0 Å². The summed E-state index contributed by atoms with van der Waals surface area (Å²) in [5.41, 5.74) is -0.0588. The van der Waals surface area contributed by atoms with Crippen LogP contribution in [0.5, 0.6) is 0 Å². The number of halogens is 3. The molecule has 1 saturated heterocycles. The average molecular weight is 273 g/mol. The summed E-state index contributed by atoms with van der Waals surface area (Å²) in [6.07, 6.45) is -4.37. The number of carboxylic acids is 1. The van der Waals surface area contributed by atoms with Crippen LogP contribution in [0.25, 0.3) is 0 Å². The van der Waals surface area contributed by atoms with E-state index in [0.29, 0.717) is 5.56 Å². The van der Waals surface area contributed by atoms with E-state index in [1.54, 1.807) is 0 Å². The standard InChI is InChI=1S/C12H10F3NO3/c13-12(14,15)9-3-1-7(2-4-9)8-5-16(6-8)10(17)11(18)19/h1-4,8H,5-6H2,(H,18,19). The number of aliphatic carboxylic acids is 1. The smallest absolute Gasteiger partial charge is 0.416 e. The van der Waals surface area contributed by atoms with Gasteiger partial charge in [0.05, 0.1) is 5.56 Å². The van der Waals surface area contributed by atoms with Crippen LogP contribution < -0.4 is 0 Å². The van der Waals surface area contributed by atoms with Crippen molar-refractivity contribution in [3.8, 4) is 0 Å². The van der Waals surface area contributed by atoms with Crippen LogP contribution in [0, 0.1) is 0 Å². The third kappa shape index (κ3) is 2.69. The first kappa shape index (κ1) is 13.4. The van der Waals surface area contributed by atoms with Crippen LogP contribution >= 0.6 is 0 Å². The lowest BCUT2D eigenvalue weighted by Gasteiger charge is -2.38. The van der Waals surface area contributed by atoms with E-state index in [9.17, 15) is 22.8 Å². The number of benzene rings is 1. The SMILES string of the molecule is O=C(O)C(=O)N1CC(c2ccc(C(F)(F)F)cc2)C1. The van der Waals surface area contributed by atoms with Gasteiger partial charge in [-0.25, -0.2) is 4.79 Å². The second-order valence-corrected chi connectivity index (χ2v) is 4.33. The van der Waals surface area contributed by atoms with Gasteiger partial charge >= 0.3 is 18.1 Å². The first-order valence-electron chi connectivity index (χ1n) is 5.48. The molecule has 4 nitrogen and oxygen atoms in total. The van der Waals surface area contributed by atoms with Crippen molar-refractivity contribution in [3.63, 3.8) is 0 Å². The lowest BCUT2D eigenvalue weighted by molar-refractivity contribution is -0.158. The minimum Gasteiger partial charge on any atom is -0.474 e. The van der Waals surface area contributed by atoms with Gasteiger partial charge < -0.3 is 10.0 Å². The molecule has 0 aromatic heterocycles. The predicted molar refractivity (Wildman–Crippen MR) is 58.4 cm³/mol. The lowest BCUT2D eigenvalue weighted by Crippen LogP contribution is -2.50. The maximum atomic E-state index is 12.4. The molecule has 0 unspecified atom stereocenters. The van der Waals surface area contributed by atoms with E-state index in [1.807, 2.05) is 0 Å². The molecule has 102 valence electrons. The lowest BCUT2D eigenvalue weighted by atomic mass is 9.91. The van der Waals surface area contributed by atoms with Gasteiger partial charge in [0.15, 0.2) is 0 Å². The molecule has 1 aromatic carbocycles. The number of rotatable bonds is 1. The van der Waals surface area contributed by atoms with Crippen LogP contribution in [0.3, 0.4) is 0 Å². The highest BCUT2D eigenvalue weighted by molar-refractivity contribution is 6.31. The Bertz CT molecular complexity index is 504. The first-order valence-corrected chi connectivity index (χ1v) is 5.48. The normalized spacial score (nSPS) is 16.1. The van der Waals surface area contributed by atoms with Crippen LogP contribution in [-0.4, -0.2) is 35.0 Å². The Kier molecular flexibility index (Phi) is 3.21. The van der Waals surface area contributed by atoms with Crippen molar-refractivity contribution in [1.82, 2.24) is 4.90 Å². The Morgan fingerprint density at radius 2 is 1.68 bits per heavy atom. The highest BCUT2D eigenvalue weighted by atomic mass is 19.4. The minimum atomic E-state index is -4.37. The Morgan fingerprint density at radius 3 is 2.11 bits per heavy atom. The second-order valence-electron chi connectivity index (χ2n) is 4.33. The molecule has 7 heteroatoms. The first-order chi connectivity index (χ1) is 8.79. The number of alkyl halides is 3. The molecule has 0 radical (unpaired) electrons. The van der Waals surface area contributed by atoms with Crippen LogP contribution in [0.1, 0.15) is 17.0 Å². The summed E-state index contributed by atoms with van der Waals surface area (Å²) >= 11 is 0.